The SMILES string of the molecule is CC1CCCCC1OCCNC1CCNC1. The van der Waals surface area contributed by atoms with Crippen LogP contribution in [-0.2, 0) is 4.74 Å². The third-order valence-corrected chi connectivity index (χ3v) is 3.96. The molecule has 1 heterocycles. The maximum atomic E-state index is 5.97. The van der Waals surface area contributed by atoms with Gasteiger partial charge in [0.05, 0.1) is 12.7 Å². The Labute approximate surface area is 99.3 Å². The first-order valence-corrected chi connectivity index (χ1v) is 6.92. The molecule has 3 nitrogen and oxygen atoms in total. The van der Waals surface area contributed by atoms with Crippen molar-refractivity contribution in [2.24, 2.45) is 5.92 Å². The van der Waals surface area contributed by atoms with Crippen LogP contribution in [0.3, 0.4) is 0 Å². The summed E-state index contributed by atoms with van der Waals surface area (Å²) < 4.78 is 5.97. The number of nitrogens with one attached hydrogen (secondary N) is 2. The normalized spacial score (nSPS) is 35.4. The van der Waals surface area contributed by atoms with E-state index in [9.17, 15) is 0 Å². The van der Waals surface area contributed by atoms with Gasteiger partial charge in [-0.25, -0.2) is 0 Å². The highest BCUT2D eigenvalue weighted by Gasteiger charge is 2.21. The van der Waals surface area contributed by atoms with E-state index in [4.69, 9.17) is 4.74 Å². The van der Waals surface area contributed by atoms with Crippen molar-refractivity contribution < 1.29 is 4.74 Å². The van der Waals surface area contributed by atoms with E-state index in [1.54, 1.807) is 0 Å². The maximum Gasteiger partial charge on any atom is 0.0601 e. The Morgan fingerprint density at radius 2 is 2.12 bits per heavy atom. The minimum absolute atomic E-state index is 0.525. The van der Waals surface area contributed by atoms with E-state index in [2.05, 4.69) is 17.6 Å². The van der Waals surface area contributed by atoms with Gasteiger partial charge in [0.1, 0.15) is 0 Å². The summed E-state index contributed by atoms with van der Waals surface area (Å²) in [6.07, 6.45) is 7.16. The predicted octanol–water partition coefficient (Wildman–Crippen LogP) is 1.53. The fourth-order valence-electron chi connectivity index (χ4n) is 2.83. The molecule has 0 aromatic rings. The molecule has 0 bridgehead atoms. The van der Waals surface area contributed by atoms with Crippen LogP contribution in [0.15, 0.2) is 0 Å². The van der Waals surface area contributed by atoms with Crippen LogP contribution in [0.4, 0.5) is 0 Å². The minimum atomic E-state index is 0.525. The molecule has 2 fully saturated rings. The fourth-order valence-corrected chi connectivity index (χ4v) is 2.83. The molecule has 1 aliphatic heterocycles. The van der Waals surface area contributed by atoms with Gasteiger partial charge in [0.15, 0.2) is 0 Å². The lowest BCUT2D eigenvalue weighted by Crippen LogP contribution is -2.35. The van der Waals surface area contributed by atoms with Crippen molar-refractivity contribution in [3.05, 3.63) is 0 Å². The molecule has 94 valence electrons. The standard InChI is InChI=1S/C13H26N2O/c1-11-4-2-3-5-13(11)16-9-8-15-12-6-7-14-10-12/h11-15H,2-10H2,1H3. The van der Waals surface area contributed by atoms with Crippen LogP contribution in [0.2, 0.25) is 0 Å². The highest BCUT2D eigenvalue weighted by molar-refractivity contribution is 4.77. The average molecular weight is 226 g/mol. The van der Waals surface area contributed by atoms with Crippen molar-refractivity contribution in [2.75, 3.05) is 26.2 Å². The molecule has 3 unspecified atom stereocenters. The first-order valence-electron chi connectivity index (χ1n) is 6.92. The fraction of sp³-hybridized carbons (Fsp3) is 1.00. The summed E-state index contributed by atoms with van der Waals surface area (Å²) in [6.45, 7) is 6.51. The van der Waals surface area contributed by atoms with Crippen molar-refractivity contribution >= 4 is 0 Å². The largest absolute Gasteiger partial charge is 0.377 e. The van der Waals surface area contributed by atoms with Crippen molar-refractivity contribution in [2.45, 2.75) is 51.2 Å². The van der Waals surface area contributed by atoms with Gasteiger partial charge in [-0.1, -0.05) is 19.8 Å². The molecule has 2 aliphatic rings. The van der Waals surface area contributed by atoms with E-state index in [1.165, 1.54) is 32.1 Å². The molecule has 2 rings (SSSR count). The van der Waals surface area contributed by atoms with Crippen LogP contribution in [0.25, 0.3) is 0 Å². The molecule has 3 atom stereocenters. The van der Waals surface area contributed by atoms with Crippen molar-refractivity contribution in [3.8, 4) is 0 Å². The molecular formula is C13H26N2O. The van der Waals surface area contributed by atoms with E-state index in [0.717, 1.165) is 32.2 Å². The minimum Gasteiger partial charge on any atom is -0.377 e. The first kappa shape index (κ1) is 12.3. The molecule has 1 aliphatic carbocycles. The summed E-state index contributed by atoms with van der Waals surface area (Å²) in [4.78, 5) is 0. The highest BCUT2D eigenvalue weighted by Crippen LogP contribution is 2.25. The number of ether oxygens (including phenoxy) is 1. The molecule has 1 saturated heterocycles. The Morgan fingerprint density at radius 1 is 1.25 bits per heavy atom. The number of hydrogen-bond acceptors (Lipinski definition) is 3. The topological polar surface area (TPSA) is 33.3 Å². The van der Waals surface area contributed by atoms with Crippen LogP contribution in [0, 0.1) is 5.92 Å². The summed E-state index contributed by atoms with van der Waals surface area (Å²) in [6, 6.07) is 0.673. The second-order valence-electron chi connectivity index (χ2n) is 5.31. The van der Waals surface area contributed by atoms with Gasteiger partial charge in [-0.05, 0) is 31.7 Å². The van der Waals surface area contributed by atoms with Gasteiger partial charge in [0.2, 0.25) is 0 Å². The molecule has 0 radical (unpaired) electrons. The summed E-state index contributed by atoms with van der Waals surface area (Å²) in [5, 5.41) is 6.91. The maximum absolute atomic E-state index is 5.97. The van der Waals surface area contributed by atoms with Crippen LogP contribution in [0.1, 0.15) is 39.0 Å². The quantitative estimate of drug-likeness (QED) is 0.698. The molecule has 3 heteroatoms. The Morgan fingerprint density at radius 3 is 2.88 bits per heavy atom. The number of rotatable bonds is 5. The van der Waals surface area contributed by atoms with E-state index in [1.807, 2.05) is 0 Å². The lowest BCUT2D eigenvalue weighted by Gasteiger charge is -2.29. The van der Waals surface area contributed by atoms with Gasteiger partial charge in [0, 0.05) is 19.1 Å². The smallest absolute Gasteiger partial charge is 0.0601 e. The van der Waals surface area contributed by atoms with Crippen molar-refractivity contribution in [1.82, 2.24) is 10.6 Å². The van der Waals surface area contributed by atoms with Gasteiger partial charge in [-0.2, -0.15) is 0 Å². The van der Waals surface area contributed by atoms with Gasteiger partial charge >= 0.3 is 0 Å². The number of hydrogen-bond donors (Lipinski definition) is 2. The zero-order valence-corrected chi connectivity index (χ0v) is 10.5. The Balaban J connectivity index is 1.53. The van der Waals surface area contributed by atoms with E-state index >= 15 is 0 Å². The van der Waals surface area contributed by atoms with Crippen LogP contribution < -0.4 is 10.6 Å². The lowest BCUT2D eigenvalue weighted by atomic mass is 9.88. The molecule has 0 aromatic heterocycles. The van der Waals surface area contributed by atoms with Crippen LogP contribution >= 0.6 is 0 Å². The predicted molar refractivity (Wildman–Crippen MR) is 66.6 cm³/mol. The second-order valence-corrected chi connectivity index (χ2v) is 5.31. The molecule has 0 aromatic carbocycles. The Bertz CT molecular complexity index is 192. The van der Waals surface area contributed by atoms with Crippen molar-refractivity contribution in [3.63, 3.8) is 0 Å². The molecule has 0 amide bonds. The van der Waals surface area contributed by atoms with Crippen molar-refractivity contribution in [1.29, 1.82) is 0 Å². The second kappa shape index (κ2) is 6.58. The summed E-state index contributed by atoms with van der Waals surface area (Å²) in [7, 11) is 0. The van der Waals surface area contributed by atoms with Gasteiger partial charge in [-0.15, -0.1) is 0 Å². The Kier molecular flexibility index (Phi) is 5.07. The lowest BCUT2D eigenvalue weighted by molar-refractivity contribution is -0.00370. The van der Waals surface area contributed by atoms with E-state index < -0.39 is 0 Å². The molecule has 0 spiro atoms. The third kappa shape index (κ3) is 3.72. The van der Waals surface area contributed by atoms with Crippen LogP contribution in [-0.4, -0.2) is 38.4 Å². The molecule has 16 heavy (non-hydrogen) atoms. The van der Waals surface area contributed by atoms with Gasteiger partial charge in [-0.3, -0.25) is 0 Å². The monoisotopic (exact) mass is 226 g/mol. The van der Waals surface area contributed by atoms with E-state index in [0.29, 0.717) is 12.1 Å². The van der Waals surface area contributed by atoms with E-state index in [-0.39, 0.29) is 0 Å². The third-order valence-electron chi connectivity index (χ3n) is 3.96. The van der Waals surface area contributed by atoms with Gasteiger partial charge < -0.3 is 15.4 Å². The van der Waals surface area contributed by atoms with Crippen LogP contribution in [0.5, 0.6) is 0 Å². The molecule has 2 N–H and O–H groups in total. The summed E-state index contributed by atoms with van der Waals surface area (Å²) >= 11 is 0. The zero-order valence-electron chi connectivity index (χ0n) is 10.5. The summed E-state index contributed by atoms with van der Waals surface area (Å²) in [5.74, 6) is 0.766. The molecular weight excluding hydrogens is 200 g/mol. The highest BCUT2D eigenvalue weighted by atomic mass is 16.5. The first-order chi connectivity index (χ1) is 7.86. The van der Waals surface area contributed by atoms with Gasteiger partial charge in [0.25, 0.3) is 0 Å². The zero-order chi connectivity index (χ0) is 11.2. The Hall–Kier alpha value is -0.120. The average Bonchev–Trinajstić information content (AvgIpc) is 2.79. The summed E-state index contributed by atoms with van der Waals surface area (Å²) in [5.41, 5.74) is 0. The molecule has 1 saturated carbocycles.